The molecule has 5 rings (SSSR count). The summed E-state index contributed by atoms with van der Waals surface area (Å²) >= 11 is 0. The quantitative estimate of drug-likeness (QED) is 0.281. The fourth-order valence-electron chi connectivity index (χ4n) is 3.96. The predicted molar refractivity (Wildman–Crippen MR) is 124 cm³/mol. The van der Waals surface area contributed by atoms with Crippen LogP contribution in [0.5, 0.6) is 0 Å². The Labute approximate surface area is 190 Å². The minimum Gasteiger partial charge on any atom is -0.456 e. The highest BCUT2D eigenvalue weighted by Crippen LogP contribution is 2.24. The lowest BCUT2D eigenvalue weighted by molar-refractivity contribution is -0.135. The van der Waals surface area contributed by atoms with Crippen molar-refractivity contribution in [2.24, 2.45) is 0 Å². The summed E-state index contributed by atoms with van der Waals surface area (Å²) in [6.45, 7) is 0.510. The van der Waals surface area contributed by atoms with Gasteiger partial charge < -0.3 is 14.6 Å². The SMILES string of the molecule is O=C1C=C(NC(=O)C(=O)c2cn(Cc3ccc(-c4ccccc4)cc3)c3ccccc23)CO1. The van der Waals surface area contributed by atoms with Crippen LogP contribution in [-0.2, 0) is 20.9 Å². The van der Waals surface area contributed by atoms with E-state index in [9.17, 15) is 14.4 Å². The summed E-state index contributed by atoms with van der Waals surface area (Å²) in [6, 6.07) is 25.9. The highest BCUT2D eigenvalue weighted by Gasteiger charge is 2.24. The number of Topliss-reactive ketones (excluding diaryl/α,β-unsaturated/α-hetero) is 1. The molecule has 0 fully saturated rings. The first-order valence-corrected chi connectivity index (χ1v) is 10.5. The number of para-hydroxylation sites is 1. The average molecular weight is 436 g/mol. The zero-order valence-corrected chi connectivity index (χ0v) is 17.7. The van der Waals surface area contributed by atoms with Gasteiger partial charge in [-0.3, -0.25) is 9.59 Å². The molecule has 1 N–H and O–H groups in total. The number of esters is 1. The number of aromatic nitrogens is 1. The van der Waals surface area contributed by atoms with E-state index in [-0.39, 0.29) is 12.3 Å². The second-order valence-corrected chi connectivity index (χ2v) is 7.81. The van der Waals surface area contributed by atoms with Crippen molar-refractivity contribution < 1.29 is 19.1 Å². The zero-order valence-electron chi connectivity index (χ0n) is 17.7. The number of rotatable bonds is 6. The summed E-state index contributed by atoms with van der Waals surface area (Å²) in [4.78, 5) is 36.6. The number of ketones is 1. The summed E-state index contributed by atoms with van der Waals surface area (Å²) in [7, 11) is 0. The van der Waals surface area contributed by atoms with E-state index in [4.69, 9.17) is 4.74 Å². The molecule has 0 bridgehead atoms. The number of hydrogen-bond acceptors (Lipinski definition) is 4. The summed E-state index contributed by atoms with van der Waals surface area (Å²) in [5.41, 5.74) is 4.81. The molecule has 0 saturated heterocycles. The number of fused-ring (bicyclic) bond motifs is 1. The van der Waals surface area contributed by atoms with Gasteiger partial charge in [-0.15, -0.1) is 0 Å². The average Bonchev–Trinajstić information content (AvgIpc) is 3.43. The van der Waals surface area contributed by atoms with Crippen LogP contribution in [0.3, 0.4) is 0 Å². The summed E-state index contributed by atoms with van der Waals surface area (Å²) in [5.74, 6) is -1.99. The Balaban J connectivity index is 1.40. The van der Waals surface area contributed by atoms with Gasteiger partial charge >= 0.3 is 5.97 Å². The third kappa shape index (κ3) is 4.19. The van der Waals surface area contributed by atoms with Crippen LogP contribution in [0.1, 0.15) is 15.9 Å². The molecule has 6 nitrogen and oxygen atoms in total. The maximum absolute atomic E-state index is 12.9. The van der Waals surface area contributed by atoms with Crippen molar-refractivity contribution >= 4 is 28.6 Å². The van der Waals surface area contributed by atoms with E-state index >= 15 is 0 Å². The van der Waals surface area contributed by atoms with E-state index in [1.54, 1.807) is 6.20 Å². The molecule has 2 heterocycles. The van der Waals surface area contributed by atoms with Gasteiger partial charge in [0.2, 0.25) is 0 Å². The van der Waals surface area contributed by atoms with Gasteiger partial charge in [-0.1, -0.05) is 72.8 Å². The lowest BCUT2D eigenvalue weighted by Gasteiger charge is -2.07. The molecular weight excluding hydrogens is 416 g/mol. The molecule has 0 spiro atoms. The summed E-state index contributed by atoms with van der Waals surface area (Å²) < 4.78 is 6.73. The molecule has 0 saturated carbocycles. The van der Waals surface area contributed by atoms with Gasteiger partial charge in [-0.05, 0) is 22.8 Å². The van der Waals surface area contributed by atoms with Crippen LogP contribution in [0, 0.1) is 0 Å². The van der Waals surface area contributed by atoms with Crippen molar-refractivity contribution in [3.8, 4) is 11.1 Å². The Hall–Kier alpha value is -4.45. The maximum Gasteiger partial charge on any atom is 0.333 e. The van der Waals surface area contributed by atoms with Crippen molar-refractivity contribution in [3.63, 3.8) is 0 Å². The topological polar surface area (TPSA) is 77.4 Å². The van der Waals surface area contributed by atoms with Crippen molar-refractivity contribution in [2.45, 2.75) is 6.54 Å². The molecule has 1 amide bonds. The van der Waals surface area contributed by atoms with Gasteiger partial charge in [0.1, 0.15) is 6.61 Å². The fourth-order valence-corrected chi connectivity index (χ4v) is 3.96. The molecule has 3 aromatic carbocycles. The van der Waals surface area contributed by atoms with E-state index in [0.29, 0.717) is 17.5 Å². The van der Waals surface area contributed by atoms with Crippen molar-refractivity contribution in [1.82, 2.24) is 9.88 Å². The lowest BCUT2D eigenvalue weighted by Crippen LogP contribution is -2.31. The van der Waals surface area contributed by atoms with Crippen LogP contribution >= 0.6 is 0 Å². The smallest absolute Gasteiger partial charge is 0.333 e. The van der Waals surface area contributed by atoms with Crippen molar-refractivity contribution in [3.05, 3.63) is 108 Å². The van der Waals surface area contributed by atoms with E-state index in [1.165, 1.54) is 6.08 Å². The molecule has 6 heteroatoms. The third-order valence-corrected chi connectivity index (χ3v) is 5.59. The highest BCUT2D eigenvalue weighted by atomic mass is 16.5. The first-order chi connectivity index (χ1) is 16.1. The Bertz CT molecular complexity index is 1400. The minimum absolute atomic E-state index is 0.0431. The first-order valence-electron chi connectivity index (χ1n) is 10.5. The molecule has 0 radical (unpaired) electrons. The molecule has 1 aliphatic rings. The number of hydrogen-bond donors (Lipinski definition) is 1. The normalized spacial score (nSPS) is 13.0. The molecule has 0 atom stereocenters. The summed E-state index contributed by atoms with van der Waals surface area (Å²) in [5, 5.41) is 3.17. The molecule has 0 unspecified atom stereocenters. The minimum atomic E-state index is -0.797. The van der Waals surface area contributed by atoms with Crippen LogP contribution in [0.4, 0.5) is 0 Å². The van der Waals surface area contributed by atoms with Gasteiger partial charge in [-0.25, -0.2) is 4.79 Å². The number of ether oxygens (including phenoxy) is 1. The molecule has 1 aromatic heterocycles. The Kier molecular flexibility index (Phi) is 5.32. The van der Waals surface area contributed by atoms with Crippen molar-refractivity contribution in [1.29, 1.82) is 0 Å². The monoisotopic (exact) mass is 436 g/mol. The Morgan fingerprint density at radius 1 is 0.879 bits per heavy atom. The highest BCUT2D eigenvalue weighted by molar-refractivity contribution is 6.45. The number of nitrogens with zero attached hydrogens (tertiary/aromatic N) is 1. The van der Waals surface area contributed by atoms with E-state index in [1.807, 2.05) is 47.0 Å². The van der Waals surface area contributed by atoms with Gasteiger partial charge in [0.15, 0.2) is 0 Å². The molecular formula is C27H20N2O4. The van der Waals surface area contributed by atoms with E-state index in [0.717, 1.165) is 22.2 Å². The lowest BCUT2D eigenvalue weighted by atomic mass is 10.0. The molecule has 4 aromatic rings. The Morgan fingerprint density at radius 2 is 1.58 bits per heavy atom. The first kappa shape index (κ1) is 20.5. The number of carbonyl (C=O) groups is 3. The predicted octanol–water partition coefficient (Wildman–Crippen LogP) is 4.10. The second kappa shape index (κ2) is 8.59. The van der Waals surface area contributed by atoms with Crippen LogP contribution in [0.2, 0.25) is 0 Å². The largest absolute Gasteiger partial charge is 0.456 e. The van der Waals surface area contributed by atoms with Gasteiger partial charge in [0.05, 0.1) is 11.3 Å². The van der Waals surface area contributed by atoms with E-state index < -0.39 is 17.7 Å². The molecule has 162 valence electrons. The summed E-state index contributed by atoms with van der Waals surface area (Å²) in [6.07, 6.45) is 2.88. The number of nitrogens with one attached hydrogen (secondary N) is 1. The van der Waals surface area contributed by atoms with Crippen LogP contribution < -0.4 is 5.32 Å². The van der Waals surface area contributed by atoms with Gasteiger partial charge in [0.25, 0.3) is 11.7 Å². The van der Waals surface area contributed by atoms with Crippen molar-refractivity contribution in [2.75, 3.05) is 6.61 Å². The molecule has 1 aliphatic heterocycles. The van der Waals surface area contributed by atoms with Crippen LogP contribution in [-0.4, -0.2) is 28.8 Å². The standard InChI is InChI=1S/C27H20N2O4/c30-25-14-21(17-33-25)28-27(32)26(31)23-16-29(24-9-5-4-8-22(23)24)15-18-10-12-20(13-11-18)19-6-2-1-3-7-19/h1-14,16H,15,17H2,(H,28,32). The van der Waals surface area contributed by atoms with Crippen LogP contribution in [0.15, 0.2) is 96.8 Å². The van der Waals surface area contributed by atoms with Crippen LogP contribution in [0.25, 0.3) is 22.0 Å². The molecule has 0 aliphatic carbocycles. The number of benzene rings is 3. The number of cyclic esters (lactones) is 1. The number of amides is 1. The third-order valence-electron chi connectivity index (χ3n) is 5.59. The molecule has 33 heavy (non-hydrogen) atoms. The fraction of sp³-hybridized carbons (Fsp3) is 0.0741. The van der Waals surface area contributed by atoms with Gasteiger partial charge in [-0.2, -0.15) is 0 Å². The number of carbonyl (C=O) groups excluding carboxylic acids is 3. The Morgan fingerprint density at radius 3 is 2.30 bits per heavy atom. The van der Waals surface area contributed by atoms with Gasteiger partial charge in [0, 0.05) is 29.7 Å². The van der Waals surface area contributed by atoms with E-state index in [2.05, 4.69) is 41.7 Å². The second-order valence-electron chi connectivity index (χ2n) is 7.81. The zero-order chi connectivity index (χ0) is 22.8. The maximum atomic E-state index is 12.9.